The first kappa shape index (κ1) is 14.1. The molecule has 114 valence electrons. The summed E-state index contributed by atoms with van der Waals surface area (Å²) in [6.07, 6.45) is 9.12. The summed E-state index contributed by atoms with van der Waals surface area (Å²) in [5.41, 5.74) is 3.52. The smallest absolute Gasteiger partial charge is 0.212 e. The maximum atomic E-state index is 5.08. The van der Waals surface area contributed by atoms with Crippen molar-refractivity contribution in [3.63, 3.8) is 0 Å². The first-order valence-electron chi connectivity index (χ1n) is 6.80. The van der Waals surface area contributed by atoms with Crippen molar-refractivity contribution in [3.8, 4) is 22.7 Å². The third-order valence-electron chi connectivity index (χ3n) is 3.42. The summed E-state index contributed by atoms with van der Waals surface area (Å²) in [4.78, 5) is 8.73. The molecule has 0 aliphatic heterocycles. The monoisotopic (exact) mass is 418 g/mol. The number of pyridine rings is 1. The number of nitrogens with zero attached hydrogens (tertiary/aromatic N) is 6. The maximum Gasteiger partial charge on any atom is 0.212 e. The molecule has 0 aliphatic rings. The van der Waals surface area contributed by atoms with Crippen LogP contribution in [0.4, 0.5) is 0 Å². The summed E-state index contributed by atoms with van der Waals surface area (Å²) >= 11 is 2.18. The third kappa shape index (κ3) is 2.54. The van der Waals surface area contributed by atoms with Gasteiger partial charge in [-0.3, -0.25) is 0 Å². The molecule has 0 aliphatic carbocycles. The van der Waals surface area contributed by atoms with Gasteiger partial charge in [0.2, 0.25) is 5.88 Å². The molecule has 8 heteroatoms. The molecule has 4 rings (SSSR count). The normalized spacial score (nSPS) is 11.0. The second-order valence-corrected chi connectivity index (χ2v) is 5.92. The maximum absolute atomic E-state index is 5.08. The van der Waals surface area contributed by atoms with Crippen LogP contribution in [0, 0.1) is 3.70 Å². The number of hydrogen-bond donors (Lipinski definition) is 0. The zero-order valence-corrected chi connectivity index (χ0v) is 14.2. The molecule has 4 heterocycles. The molecule has 0 radical (unpaired) electrons. The highest BCUT2D eigenvalue weighted by molar-refractivity contribution is 14.1. The van der Waals surface area contributed by atoms with Crippen molar-refractivity contribution in [1.29, 1.82) is 0 Å². The van der Waals surface area contributed by atoms with E-state index in [1.807, 2.05) is 30.6 Å². The Bertz CT molecular complexity index is 975. The van der Waals surface area contributed by atoms with Gasteiger partial charge in [0, 0.05) is 35.8 Å². The molecule has 0 saturated carbocycles. The molecular formula is C15H11IN6O. The zero-order chi connectivity index (χ0) is 15.8. The Morgan fingerprint density at radius 2 is 1.96 bits per heavy atom. The van der Waals surface area contributed by atoms with E-state index in [0.29, 0.717) is 5.88 Å². The lowest BCUT2D eigenvalue weighted by atomic mass is 10.2. The van der Waals surface area contributed by atoms with Gasteiger partial charge < -0.3 is 4.74 Å². The third-order valence-corrected chi connectivity index (χ3v) is 4.03. The molecule has 0 bridgehead atoms. The van der Waals surface area contributed by atoms with Gasteiger partial charge in [-0.05, 0) is 34.7 Å². The predicted octanol–water partition coefficient (Wildman–Crippen LogP) is 2.59. The van der Waals surface area contributed by atoms with E-state index in [-0.39, 0.29) is 0 Å². The van der Waals surface area contributed by atoms with Gasteiger partial charge in [-0.1, -0.05) is 0 Å². The van der Waals surface area contributed by atoms with Gasteiger partial charge in [-0.25, -0.2) is 19.2 Å². The van der Waals surface area contributed by atoms with Crippen molar-refractivity contribution >= 4 is 28.2 Å². The van der Waals surface area contributed by atoms with Gasteiger partial charge in [-0.2, -0.15) is 10.2 Å². The molecule has 0 amide bonds. The van der Waals surface area contributed by atoms with Gasteiger partial charge in [0.05, 0.1) is 19.5 Å². The van der Waals surface area contributed by atoms with E-state index in [1.165, 1.54) is 0 Å². The number of aromatic nitrogens is 6. The van der Waals surface area contributed by atoms with Crippen LogP contribution in [0.3, 0.4) is 0 Å². The Labute approximate surface area is 145 Å². The van der Waals surface area contributed by atoms with Crippen LogP contribution in [-0.4, -0.2) is 36.5 Å². The minimum absolute atomic E-state index is 0.586. The van der Waals surface area contributed by atoms with E-state index in [4.69, 9.17) is 4.74 Å². The minimum Gasteiger partial charge on any atom is -0.481 e. The molecule has 0 spiro atoms. The van der Waals surface area contributed by atoms with E-state index < -0.39 is 0 Å². The molecule has 0 N–H and O–H groups in total. The zero-order valence-electron chi connectivity index (χ0n) is 12.1. The summed E-state index contributed by atoms with van der Waals surface area (Å²) in [6, 6.07) is 5.68. The molecule has 0 unspecified atom stereocenters. The molecule has 0 saturated heterocycles. The van der Waals surface area contributed by atoms with Crippen LogP contribution in [0.2, 0.25) is 0 Å². The Balaban J connectivity index is 1.75. The van der Waals surface area contributed by atoms with Crippen molar-refractivity contribution in [2.45, 2.75) is 0 Å². The fraction of sp³-hybridized carbons (Fsp3) is 0.0667. The largest absolute Gasteiger partial charge is 0.481 e. The van der Waals surface area contributed by atoms with Crippen molar-refractivity contribution < 1.29 is 4.74 Å². The van der Waals surface area contributed by atoms with E-state index in [9.17, 15) is 0 Å². The molecule has 4 aromatic heterocycles. The Morgan fingerprint density at radius 1 is 1.04 bits per heavy atom. The van der Waals surface area contributed by atoms with Crippen LogP contribution < -0.4 is 4.74 Å². The quantitative estimate of drug-likeness (QED) is 0.378. The molecule has 23 heavy (non-hydrogen) atoms. The number of methoxy groups -OCH3 is 1. The summed E-state index contributed by atoms with van der Waals surface area (Å²) < 4.78 is 9.48. The highest BCUT2D eigenvalue weighted by Crippen LogP contribution is 2.22. The van der Waals surface area contributed by atoms with Crippen molar-refractivity contribution in [1.82, 2.24) is 29.4 Å². The van der Waals surface area contributed by atoms with Crippen LogP contribution in [0.5, 0.6) is 5.88 Å². The first-order chi connectivity index (χ1) is 11.2. The van der Waals surface area contributed by atoms with Gasteiger partial charge in [0.15, 0.2) is 5.65 Å². The standard InChI is InChI=1S/C15H11IN6O/c1-23-14-3-2-10(6-17-14)11-7-18-22(9-11)12-8-19-21-5-4-13(16)20-15(12)21/h2-9H,1H3. The number of rotatable bonds is 3. The SMILES string of the molecule is COc1ccc(-c2cnn(-c3cnn4ccc(I)nc34)c2)cn1. The Hall–Kier alpha value is -2.49. The van der Waals surface area contributed by atoms with Crippen LogP contribution in [-0.2, 0) is 0 Å². The number of hydrogen-bond acceptors (Lipinski definition) is 5. The van der Waals surface area contributed by atoms with Gasteiger partial charge in [0.1, 0.15) is 9.39 Å². The summed E-state index contributed by atoms with van der Waals surface area (Å²) in [5, 5.41) is 8.72. The number of halogens is 1. The van der Waals surface area contributed by atoms with Crippen molar-refractivity contribution in [2.75, 3.05) is 7.11 Å². The van der Waals surface area contributed by atoms with E-state index in [2.05, 4.69) is 42.8 Å². The lowest BCUT2D eigenvalue weighted by Gasteiger charge is -2.00. The van der Waals surface area contributed by atoms with Gasteiger partial charge >= 0.3 is 0 Å². The second-order valence-electron chi connectivity index (χ2n) is 4.81. The summed E-state index contributed by atoms with van der Waals surface area (Å²) in [7, 11) is 1.60. The fourth-order valence-electron chi connectivity index (χ4n) is 2.27. The van der Waals surface area contributed by atoms with Gasteiger partial charge in [0.25, 0.3) is 0 Å². The summed E-state index contributed by atoms with van der Waals surface area (Å²) in [6.45, 7) is 0. The van der Waals surface area contributed by atoms with Crippen molar-refractivity contribution in [2.24, 2.45) is 0 Å². The molecule has 7 nitrogen and oxygen atoms in total. The second kappa shape index (κ2) is 5.61. The van der Waals surface area contributed by atoms with Crippen LogP contribution in [0.25, 0.3) is 22.5 Å². The van der Waals surface area contributed by atoms with E-state index >= 15 is 0 Å². The molecule has 0 fully saturated rings. The number of fused-ring (bicyclic) bond motifs is 1. The van der Waals surface area contributed by atoms with Crippen LogP contribution >= 0.6 is 22.6 Å². The average molecular weight is 418 g/mol. The van der Waals surface area contributed by atoms with Crippen LogP contribution in [0.1, 0.15) is 0 Å². The average Bonchev–Trinajstić information content (AvgIpc) is 3.21. The molecule has 4 aromatic rings. The first-order valence-corrected chi connectivity index (χ1v) is 7.88. The molecule has 0 aromatic carbocycles. The topological polar surface area (TPSA) is 70.1 Å². The Kier molecular flexibility index (Phi) is 3.45. The highest BCUT2D eigenvalue weighted by Gasteiger charge is 2.10. The Morgan fingerprint density at radius 3 is 2.74 bits per heavy atom. The van der Waals surface area contributed by atoms with Crippen molar-refractivity contribution in [3.05, 3.63) is 52.9 Å². The minimum atomic E-state index is 0.586. The summed E-state index contributed by atoms with van der Waals surface area (Å²) in [5.74, 6) is 0.586. The molecular weight excluding hydrogens is 407 g/mol. The van der Waals surface area contributed by atoms with Crippen LogP contribution in [0.15, 0.2) is 49.2 Å². The van der Waals surface area contributed by atoms with Gasteiger partial charge in [-0.15, -0.1) is 0 Å². The molecule has 0 atom stereocenters. The predicted molar refractivity (Wildman–Crippen MR) is 92.6 cm³/mol. The van der Waals surface area contributed by atoms with E-state index in [0.717, 1.165) is 26.2 Å². The van der Waals surface area contributed by atoms with E-state index in [1.54, 1.807) is 34.9 Å². The lowest BCUT2D eigenvalue weighted by Crippen LogP contribution is -1.97. The highest BCUT2D eigenvalue weighted by atomic mass is 127. The lowest BCUT2D eigenvalue weighted by molar-refractivity contribution is 0.398. The fourth-order valence-corrected chi connectivity index (χ4v) is 2.66. The number of ether oxygens (including phenoxy) is 1.